The highest BCUT2D eigenvalue weighted by atomic mass is 16.6. The number of hydrogen-bond acceptors (Lipinski definition) is 8. The molecule has 3 aliphatic heterocycles. The normalized spacial score (nSPS) is 31.2. The van der Waals surface area contributed by atoms with E-state index in [1.54, 1.807) is 0 Å². The fraction of sp³-hybridized carbons (Fsp3) is 0.467. The number of esters is 2. The molecule has 23 heavy (non-hydrogen) atoms. The van der Waals surface area contributed by atoms with Crippen LogP contribution in [0.5, 0.6) is 0 Å². The Kier molecular flexibility index (Phi) is 3.89. The first-order valence-electron chi connectivity index (χ1n) is 7.47. The number of carbonyl (C=O) groups excluding carboxylic acids is 2. The molecule has 0 radical (unpaired) electrons. The van der Waals surface area contributed by atoms with Crippen molar-refractivity contribution < 1.29 is 19.1 Å². The fourth-order valence-corrected chi connectivity index (χ4v) is 3.25. The van der Waals surface area contributed by atoms with E-state index in [1.165, 1.54) is 20.1 Å². The first-order chi connectivity index (χ1) is 11.0. The van der Waals surface area contributed by atoms with Gasteiger partial charge in [0.1, 0.15) is 18.6 Å². The van der Waals surface area contributed by atoms with Crippen molar-refractivity contribution in [2.45, 2.75) is 33.1 Å². The molecule has 3 aliphatic rings. The SMILES string of the molecule is CC(=O)O/C=C(\OC(C)=O)C1C(C)C2NC=CN2N2C=CNC12. The Morgan fingerprint density at radius 3 is 2.26 bits per heavy atom. The Morgan fingerprint density at radius 2 is 1.65 bits per heavy atom. The summed E-state index contributed by atoms with van der Waals surface area (Å²) in [5.74, 6) is -0.690. The van der Waals surface area contributed by atoms with Gasteiger partial charge in [-0.3, -0.25) is 19.6 Å². The molecule has 3 heterocycles. The zero-order valence-corrected chi connectivity index (χ0v) is 13.2. The van der Waals surface area contributed by atoms with Crippen LogP contribution in [0.2, 0.25) is 0 Å². The molecule has 0 bridgehead atoms. The molecule has 0 aromatic rings. The maximum absolute atomic E-state index is 11.5. The van der Waals surface area contributed by atoms with Crippen molar-refractivity contribution in [3.8, 4) is 0 Å². The molecular weight excluding hydrogens is 300 g/mol. The van der Waals surface area contributed by atoms with E-state index in [4.69, 9.17) is 9.47 Å². The van der Waals surface area contributed by atoms with Crippen LogP contribution in [0.15, 0.2) is 36.8 Å². The highest BCUT2D eigenvalue weighted by molar-refractivity contribution is 5.68. The standard InChI is InChI=1S/C15H20N4O4/c1-9-13(12(23-11(3)21)8-22-10(2)20)15-17-5-7-19(15)18-6-4-16-14(9)18/h4-9,13-17H,1-3H3/b12-8-. The number of nitrogens with zero attached hydrogens (tertiary/aromatic N) is 2. The molecule has 4 unspecified atom stereocenters. The number of hydrogen-bond donors (Lipinski definition) is 2. The molecule has 0 aromatic heterocycles. The minimum Gasteiger partial charge on any atom is -0.431 e. The predicted octanol–water partition coefficient (Wildman–Crippen LogP) is 0.540. The minimum atomic E-state index is -0.463. The van der Waals surface area contributed by atoms with Gasteiger partial charge in [0.2, 0.25) is 0 Å². The smallest absolute Gasteiger partial charge is 0.307 e. The van der Waals surface area contributed by atoms with Crippen LogP contribution in [-0.2, 0) is 19.1 Å². The summed E-state index contributed by atoms with van der Waals surface area (Å²) in [6, 6.07) is 0. The Hall–Kier alpha value is -2.64. The lowest BCUT2D eigenvalue weighted by Crippen LogP contribution is -2.63. The number of fused-ring (bicyclic) bond motifs is 3. The van der Waals surface area contributed by atoms with Gasteiger partial charge in [-0.05, 0) is 0 Å². The van der Waals surface area contributed by atoms with Gasteiger partial charge < -0.3 is 20.1 Å². The zero-order chi connectivity index (χ0) is 16.6. The summed E-state index contributed by atoms with van der Waals surface area (Å²) in [5, 5.41) is 10.7. The van der Waals surface area contributed by atoms with E-state index >= 15 is 0 Å². The molecule has 0 spiro atoms. The quantitative estimate of drug-likeness (QED) is 0.576. The van der Waals surface area contributed by atoms with Crippen molar-refractivity contribution in [1.29, 1.82) is 0 Å². The molecule has 124 valence electrons. The Labute approximate surface area is 134 Å². The Balaban J connectivity index is 1.92. The monoisotopic (exact) mass is 320 g/mol. The molecular formula is C15H20N4O4. The highest BCUT2D eigenvalue weighted by Crippen LogP contribution is 2.39. The van der Waals surface area contributed by atoms with E-state index < -0.39 is 11.9 Å². The van der Waals surface area contributed by atoms with E-state index in [0.717, 1.165) is 0 Å². The number of ether oxygens (including phenoxy) is 2. The number of nitrogens with one attached hydrogen (secondary N) is 2. The molecule has 3 rings (SSSR count). The van der Waals surface area contributed by atoms with Gasteiger partial charge in [0, 0.05) is 44.6 Å². The molecule has 0 aliphatic carbocycles. The molecule has 4 atom stereocenters. The number of rotatable bonds is 3. The van der Waals surface area contributed by atoms with Crippen LogP contribution in [0.25, 0.3) is 0 Å². The molecule has 0 aromatic carbocycles. The lowest BCUT2D eigenvalue weighted by atomic mass is 9.85. The summed E-state index contributed by atoms with van der Waals surface area (Å²) >= 11 is 0. The van der Waals surface area contributed by atoms with E-state index in [-0.39, 0.29) is 24.2 Å². The lowest BCUT2D eigenvalue weighted by molar-refractivity contribution is -0.145. The average molecular weight is 320 g/mol. The first-order valence-corrected chi connectivity index (χ1v) is 7.47. The molecule has 8 heteroatoms. The van der Waals surface area contributed by atoms with Gasteiger partial charge in [-0.1, -0.05) is 6.92 Å². The van der Waals surface area contributed by atoms with Crippen LogP contribution in [-0.4, -0.2) is 34.3 Å². The molecule has 0 amide bonds. The van der Waals surface area contributed by atoms with E-state index in [0.29, 0.717) is 5.76 Å². The van der Waals surface area contributed by atoms with Crippen molar-refractivity contribution in [1.82, 2.24) is 20.7 Å². The maximum Gasteiger partial charge on any atom is 0.307 e. The van der Waals surface area contributed by atoms with Gasteiger partial charge >= 0.3 is 11.9 Å². The summed E-state index contributed by atoms with van der Waals surface area (Å²) in [7, 11) is 0. The number of hydrazine groups is 1. The predicted molar refractivity (Wildman–Crippen MR) is 80.1 cm³/mol. The zero-order valence-electron chi connectivity index (χ0n) is 13.2. The molecule has 0 saturated carbocycles. The van der Waals surface area contributed by atoms with E-state index in [1.807, 2.05) is 29.8 Å². The molecule has 2 N–H and O–H groups in total. The van der Waals surface area contributed by atoms with Crippen molar-refractivity contribution >= 4 is 11.9 Å². The second kappa shape index (κ2) is 5.86. The van der Waals surface area contributed by atoms with Crippen LogP contribution >= 0.6 is 0 Å². The van der Waals surface area contributed by atoms with Gasteiger partial charge in [-0.15, -0.1) is 0 Å². The summed E-state index contributed by atoms with van der Waals surface area (Å²) in [4.78, 5) is 22.6. The van der Waals surface area contributed by atoms with Crippen LogP contribution in [0, 0.1) is 11.8 Å². The Bertz CT molecular complexity index is 600. The van der Waals surface area contributed by atoms with Crippen molar-refractivity contribution in [2.75, 3.05) is 0 Å². The van der Waals surface area contributed by atoms with E-state index in [9.17, 15) is 9.59 Å². The van der Waals surface area contributed by atoms with Gasteiger partial charge in [-0.2, -0.15) is 0 Å². The van der Waals surface area contributed by atoms with Gasteiger partial charge in [-0.25, -0.2) is 0 Å². The Morgan fingerprint density at radius 1 is 1.04 bits per heavy atom. The molecule has 8 nitrogen and oxygen atoms in total. The topological polar surface area (TPSA) is 83.1 Å². The third kappa shape index (κ3) is 2.71. The van der Waals surface area contributed by atoms with Gasteiger partial charge in [0.05, 0.1) is 5.92 Å². The van der Waals surface area contributed by atoms with Crippen LogP contribution in [0.4, 0.5) is 0 Å². The van der Waals surface area contributed by atoms with Crippen molar-refractivity contribution in [3.05, 3.63) is 36.8 Å². The van der Waals surface area contributed by atoms with E-state index in [2.05, 4.69) is 22.6 Å². The highest BCUT2D eigenvalue weighted by Gasteiger charge is 2.49. The van der Waals surface area contributed by atoms with Crippen molar-refractivity contribution in [2.24, 2.45) is 11.8 Å². The minimum absolute atomic E-state index is 0.0251. The lowest BCUT2D eigenvalue weighted by Gasteiger charge is -2.50. The first kappa shape index (κ1) is 15.3. The third-order valence-corrected chi connectivity index (χ3v) is 4.16. The van der Waals surface area contributed by atoms with Crippen LogP contribution < -0.4 is 10.6 Å². The van der Waals surface area contributed by atoms with Gasteiger partial charge in [0.15, 0.2) is 5.76 Å². The summed E-state index contributed by atoms with van der Waals surface area (Å²) in [6.07, 6.45) is 8.74. The third-order valence-electron chi connectivity index (χ3n) is 4.16. The van der Waals surface area contributed by atoms with Gasteiger partial charge in [0.25, 0.3) is 0 Å². The van der Waals surface area contributed by atoms with Crippen molar-refractivity contribution in [3.63, 3.8) is 0 Å². The molecule has 1 saturated heterocycles. The second-order valence-corrected chi connectivity index (χ2v) is 5.72. The largest absolute Gasteiger partial charge is 0.431 e. The second-order valence-electron chi connectivity index (χ2n) is 5.72. The maximum atomic E-state index is 11.5. The van der Waals surface area contributed by atoms with Crippen LogP contribution in [0.3, 0.4) is 0 Å². The van der Waals surface area contributed by atoms with Crippen LogP contribution in [0.1, 0.15) is 20.8 Å². The fourth-order valence-electron chi connectivity index (χ4n) is 3.25. The number of carbonyl (C=O) groups is 2. The summed E-state index contributed by atoms with van der Waals surface area (Å²) in [6.45, 7) is 4.69. The summed E-state index contributed by atoms with van der Waals surface area (Å²) < 4.78 is 10.3. The molecule has 1 fully saturated rings. The average Bonchev–Trinajstić information content (AvgIpc) is 3.11. The summed E-state index contributed by atoms with van der Waals surface area (Å²) in [5.41, 5.74) is 0.